The van der Waals surface area contributed by atoms with E-state index in [0.717, 1.165) is 47.6 Å². The van der Waals surface area contributed by atoms with Gasteiger partial charge in [0, 0.05) is 43.0 Å². The van der Waals surface area contributed by atoms with Gasteiger partial charge < -0.3 is 10.6 Å². The monoisotopic (exact) mass is 433 g/mol. The van der Waals surface area contributed by atoms with Crippen LogP contribution in [0.1, 0.15) is 43.0 Å². The third kappa shape index (κ3) is 3.37. The van der Waals surface area contributed by atoms with Crippen molar-refractivity contribution in [3.63, 3.8) is 0 Å². The Labute approximate surface area is 185 Å². The van der Waals surface area contributed by atoms with Crippen LogP contribution in [0.4, 0.5) is 5.82 Å². The van der Waals surface area contributed by atoms with Gasteiger partial charge in [0.25, 0.3) is 0 Å². The first-order valence-corrected chi connectivity index (χ1v) is 11.6. The maximum Gasteiger partial charge on any atom is 0.225 e. The van der Waals surface area contributed by atoms with Gasteiger partial charge in [-0.15, -0.1) is 11.3 Å². The van der Waals surface area contributed by atoms with Gasteiger partial charge in [-0.25, -0.2) is 9.97 Å². The van der Waals surface area contributed by atoms with E-state index < -0.39 is 0 Å². The number of nitrogens with zero attached hydrogens (tertiary/aromatic N) is 4. The van der Waals surface area contributed by atoms with Crippen LogP contribution in [0.25, 0.3) is 26.2 Å². The Morgan fingerprint density at radius 2 is 2.00 bits per heavy atom. The van der Waals surface area contributed by atoms with E-state index in [2.05, 4.69) is 40.6 Å². The predicted molar refractivity (Wildman–Crippen MR) is 126 cm³/mol. The van der Waals surface area contributed by atoms with E-state index in [1.165, 1.54) is 15.6 Å². The molecule has 1 aromatic carbocycles. The summed E-state index contributed by atoms with van der Waals surface area (Å²) in [7, 11) is 3.68. The van der Waals surface area contributed by atoms with E-state index in [-0.39, 0.29) is 11.8 Å². The smallest absolute Gasteiger partial charge is 0.225 e. The fraction of sp³-hybridized carbons (Fsp3) is 0.375. The summed E-state index contributed by atoms with van der Waals surface area (Å²) in [5.74, 6) is 2.20. The molecule has 0 atom stereocenters. The van der Waals surface area contributed by atoms with Crippen LogP contribution in [0, 0.1) is 12.8 Å². The average molecular weight is 434 g/mol. The van der Waals surface area contributed by atoms with Crippen molar-refractivity contribution < 1.29 is 4.79 Å². The molecule has 160 valence electrons. The zero-order chi connectivity index (χ0) is 21.7. The second-order valence-corrected chi connectivity index (χ2v) is 9.79. The van der Waals surface area contributed by atoms with Crippen LogP contribution < -0.4 is 5.73 Å². The molecular formula is C24H27N5OS. The maximum atomic E-state index is 12.4. The third-order valence-electron chi connectivity index (χ3n) is 6.47. The Morgan fingerprint density at radius 1 is 1.23 bits per heavy atom. The summed E-state index contributed by atoms with van der Waals surface area (Å²) in [6.45, 7) is 2.14. The van der Waals surface area contributed by atoms with Crippen molar-refractivity contribution in [2.75, 3.05) is 19.8 Å². The summed E-state index contributed by atoms with van der Waals surface area (Å²) >= 11 is 1.76. The molecule has 1 fully saturated rings. The van der Waals surface area contributed by atoms with E-state index in [1.807, 2.05) is 20.3 Å². The number of aryl methyl sites for hydroxylation is 1. The quantitative estimate of drug-likeness (QED) is 0.500. The molecule has 4 aromatic rings. The lowest BCUT2D eigenvalue weighted by atomic mass is 9.81. The molecule has 6 nitrogen and oxygen atoms in total. The number of aromatic nitrogens is 3. The number of carbonyl (C=O) groups excluding carboxylic acids is 1. The summed E-state index contributed by atoms with van der Waals surface area (Å²) in [5, 5.41) is 1.23. The Hall–Kier alpha value is -2.93. The molecule has 0 radical (unpaired) electrons. The van der Waals surface area contributed by atoms with Gasteiger partial charge in [0.05, 0.1) is 4.88 Å². The molecule has 5 rings (SSSR count). The largest absolute Gasteiger partial charge is 0.382 e. The summed E-state index contributed by atoms with van der Waals surface area (Å²) in [6.07, 6.45) is 7.41. The number of fused-ring (bicyclic) bond motifs is 2. The number of thiophene rings is 1. The number of hydrogen-bond donors (Lipinski definition) is 1. The molecule has 3 heterocycles. The number of anilines is 1. The van der Waals surface area contributed by atoms with Crippen molar-refractivity contribution in [1.29, 1.82) is 0 Å². The van der Waals surface area contributed by atoms with Gasteiger partial charge >= 0.3 is 0 Å². The minimum atomic E-state index is 0.120. The van der Waals surface area contributed by atoms with Crippen molar-refractivity contribution in [1.82, 2.24) is 19.3 Å². The number of carbonyl (C=O) groups is 1. The molecule has 0 aliphatic heterocycles. The van der Waals surface area contributed by atoms with E-state index in [1.54, 1.807) is 22.4 Å². The van der Waals surface area contributed by atoms with Crippen LogP contribution in [-0.2, 0) is 4.79 Å². The zero-order valence-electron chi connectivity index (χ0n) is 18.1. The van der Waals surface area contributed by atoms with E-state index in [4.69, 9.17) is 10.7 Å². The summed E-state index contributed by atoms with van der Waals surface area (Å²) in [4.78, 5) is 24.7. The Kier molecular flexibility index (Phi) is 4.93. The average Bonchev–Trinajstić information content (AvgIpc) is 3.37. The molecule has 7 heteroatoms. The van der Waals surface area contributed by atoms with Gasteiger partial charge in [0.15, 0.2) is 0 Å². The first kappa shape index (κ1) is 20.0. The molecule has 2 N–H and O–H groups in total. The van der Waals surface area contributed by atoms with Crippen LogP contribution in [0.2, 0.25) is 0 Å². The number of rotatable bonds is 3. The van der Waals surface area contributed by atoms with Gasteiger partial charge in [-0.05, 0) is 49.6 Å². The standard InChI is InChI=1S/C24H27N5OS/c1-14-5-4-6-17-13-18(31-21(14)17)19-20-22(25)26-11-12-29(20)23(27-19)15-7-9-16(10-8-15)24(30)28(2)3/h4-6,11-13,15-16H,7-10H2,1-3H3,(H2,25,26). The minimum absolute atomic E-state index is 0.120. The van der Waals surface area contributed by atoms with Crippen LogP contribution in [0.15, 0.2) is 36.7 Å². The number of hydrogen-bond acceptors (Lipinski definition) is 5. The van der Waals surface area contributed by atoms with Gasteiger partial charge in [-0.2, -0.15) is 0 Å². The summed E-state index contributed by atoms with van der Waals surface area (Å²) in [6, 6.07) is 8.58. The molecule has 1 saturated carbocycles. The van der Waals surface area contributed by atoms with E-state index in [9.17, 15) is 4.79 Å². The Morgan fingerprint density at radius 3 is 2.71 bits per heavy atom. The minimum Gasteiger partial charge on any atom is -0.382 e. The highest BCUT2D eigenvalue weighted by Gasteiger charge is 2.31. The molecule has 31 heavy (non-hydrogen) atoms. The predicted octanol–water partition coefficient (Wildman–Crippen LogP) is 4.86. The van der Waals surface area contributed by atoms with Crippen molar-refractivity contribution in [2.24, 2.45) is 5.92 Å². The van der Waals surface area contributed by atoms with Gasteiger partial charge in [0.2, 0.25) is 5.91 Å². The molecule has 0 unspecified atom stereocenters. The zero-order valence-corrected chi connectivity index (χ0v) is 18.9. The van der Waals surface area contributed by atoms with Crippen LogP contribution in [0.5, 0.6) is 0 Å². The van der Waals surface area contributed by atoms with Gasteiger partial charge in [0.1, 0.15) is 22.9 Å². The molecule has 1 aliphatic carbocycles. The molecule has 3 aromatic heterocycles. The molecular weight excluding hydrogens is 406 g/mol. The molecule has 0 spiro atoms. The Balaban J connectivity index is 1.56. The van der Waals surface area contributed by atoms with Crippen molar-refractivity contribution >= 4 is 38.7 Å². The molecule has 0 saturated heterocycles. The summed E-state index contributed by atoms with van der Waals surface area (Å²) < 4.78 is 3.40. The fourth-order valence-corrected chi connectivity index (χ4v) is 5.95. The van der Waals surface area contributed by atoms with Crippen molar-refractivity contribution in [2.45, 2.75) is 38.5 Å². The van der Waals surface area contributed by atoms with E-state index in [0.29, 0.717) is 11.7 Å². The maximum absolute atomic E-state index is 12.4. The first-order valence-electron chi connectivity index (χ1n) is 10.8. The highest BCUT2D eigenvalue weighted by molar-refractivity contribution is 7.22. The lowest BCUT2D eigenvalue weighted by molar-refractivity contribution is -0.134. The van der Waals surface area contributed by atoms with Crippen LogP contribution >= 0.6 is 11.3 Å². The lowest BCUT2D eigenvalue weighted by Crippen LogP contribution is -2.32. The highest BCUT2D eigenvalue weighted by Crippen LogP contribution is 2.41. The number of nitrogens with two attached hydrogens (primary N) is 1. The highest BCUT2D eigenvalue weighted by atomic mass is 32.1. The molecule has 0 bridgehead atoms. The fourth-order valence-electron chi connectivity index (χ4n) is 4.84. The van der Waals surface area contributed by atoms with Crippen LogP contribution in [0.3, 0.4) is 0 Å². The normalized spacial score (nSPS) is 19.2. The van der Waals surface area contributed by atoms with Gasteiger partial charge in [-0.3, -0.25) is 9.20 Å². The number of nitrogen functional groups attached to an aromatic ring is 1. The van der Waals surface area contributed by atoms with Crippen LogP contribution in [-0.4, -0.2) is 39.3 Å². The number of benzene rings is 1. The van der Waals surface area contributed by atoms with Gasteiger partial charge in [-0.1, -0.05) is 18.2 Å². The molecule has 1 aliphatic rings. The Bertz CT molecular complexity index is 1280. The topological polar surface area (TPSA) is 76.5 Å². The van der Waals surface area contributed by atoms with Crippen molar-refractivity contribution in [3.8, 4) is 10.6 Å². The molecule has 1 amide bonds. The SMILES string of the molecule is Cc1cccc2cc(-c3nc(C4CCC(C(=O)N(C)C)CC4)n4ccnc(N)c34)sc12. The third-order valence-corrected chi connectivity index (χ3v) is 7.76. The first-order chi connectivity index (χ1) is 14.9. The second-order valence-electron chi connectivity index (χ2n) is 8.73. The van der Waals surface area contributed by atoms with E-state index >= 15 is 0 Å². The number of amides is 1. The lowest BCUT2D eigenvalue weighted by Gasteiger charge is -2.28. The second kappa shape index (κ2) is 7.64. The number of imidazole rings is 1. The summed E-state index contributed by atoms with van der Waals surface area (Å²) in [5.41, 5.74) is 9.40. The van der Waals surface area contributed by atoms with Crippen molar-refractivity contribution in [3.05, 3.63) is 48.0 Å².